The van der Waals surface area contributed by atoms with E-state index in [0.29, 0.717) is 82.7 Å². The summed E-state index contributed by atoms with van der Waals surface area (Å²) in [6.07, 6.45) is 0.952. The third-order valence-electron chi connectivity index (χ3n) is 9.21. The molecule has 3 aliphatic rings. The number of hydrogen-bond donors (Lipinski definition) is 2. The van der Waals surface area contributed by atoms with Gasteiger partial charge in [-0.05, 0) is 70.0 Å². The van der Waals surface area contributed by atoms with Gasteiger partial charge >= 0.3 is 0 Å². The molecule has 4 heterocycles. The number of carbonyl (C=O) groups excluding carboxylic acids is 1. The molecule has 2 aromatic carbocycles. The van der Waals surface area contributed by atoms with Gasteiger partial charge in [0.1, 0.15) is 39.2 Å². The first-order chi connectivity index (χ1) is 21.2. The Morgan fingerprint density at radius 2 is 1.82 bits per heavy atom. The van der Waals surface area contributed by atoms with E-state index in [2.05, 4.69) is 16.0 Å². The minimum atomic E-state index is -1.42. The monoisotopic (exact) mass is 630 g/mol. The van der Waals surface area contributed by atoms with Crippen molar-refractivity contribution in [2.75, 3.05) is 43.0 Å². The minimum Gasteiger partial charge on any atom is -0.384 e. The van der Waals surface area contributed by atoms with Crippen LogP contribution in [0.4, 0.5) is 25.3 Å². The van der Waals surface area contributed by atoms with Crippen molar-refractivity contribution in [3.05, 3.63) is 64.2 Å². The van der Waals surface area contributed by atoms with E-state index in [4.69, 9.17) is 4.98 Å². The summed E-state index contributed by atoms with van der Waals surface area (Å²) >= 11 is 1.18. The molecule has 9 nitrogen and oxygen atoms in total. The number of aliphatic hydroxyl groups is 2. The largest absolute Gasteiger partial charge is 0.384 e. The maximum Gasteiger partial charge on any atom is 0.253 e. The van der Waals surface area contributed by atoms with Gasteiger partial charge in [0, 0.05) is 60.8 Å². The lowest BCUT2D eigenvalue weighted by molar-refractivity contribution is -0.162. The fourth-order valence-corrected chi connectivity index (χ4v) is 7.79. The van der Waals surface area contributed by atoms with E-state index in [9.17, 15) is 24.7 Å². The number of amides is 1. The van der Waals surface area contributed by atoms with Crippen molar-refractivity contribution < 1.29 is 23.8 Å². The van der Waals surface area contributed by atoms with Gasteiger partial charge in [0.2, 0.25) is 0 Å². The highest BCUT2D eigenvalue weighted by atomic mass is 32.1. The van der Waals surface area contributed by atoms with Crippen LogP contribution < -0.4 is 9.80 Å². The second kappa shape index (κ2) is 9.91. The molecule has 12 heteroatoms. The molecule has 1 amide bonds. The van der Waals surface area contributed by atoms with Gasteiger partial charge < -0.3 is 24.9 Å². The molecule has 2 fully saturated rings. The number of hydrogen-bond acceptors (Lipinski definition) is 9. The molecule has 0 unspecified atom stereocenters. The number of carbonyl (C=O) groups is 1. The Labute approximate surface area is 263 Å². The standard InChI is InChI=1S/C33H32F2N6O3S/c1-31(2,43)29(42)41-16-33(17-41)14-40(15-33)20-11-22-26(23(35)12-20)37-28-21(9-10-32(28,3)44)27(22)39(4)30-38-25(24(13-36)45-30)18-5-7-19(34)8-6-18/h5-8,11-12,43-44H,9-10,14-17H2,1-4H3/t32-/m1/s1. The molecule has 2 saturated heterocycles. The number of thiazole rings is 1. The maximum atomic E-state index is 15.9. The van der Waals surface area contributed by atoms with Crippen LogP contribution in [0, 0.1) is 28.4 Å². The fourth-order valence-electron chi connectivity index (χ4n) is 6.93. The Balaban J connectivity index is 1.27. The molecule has 0 radical (unpaired) electrons. The van der Waals surface area contributed by atoms with Crippen LogP contribution >= 0.6 is 11.3 Å². The molecular formula is C33H32F2N6O3S. The third kappa shape index (κ3) is 4.72. The van der Waals surface area contributed by atoms with E-state index in [1.165, 1.54) is 43.4 Å². The van der Waals surface area contributed by atoms with Gasteiger partial charge in [0.25, 0.3) is 5.91 Å². The molecule has 4 aromatic rings. The summed E-state index contributed by atoms with van der Waals surface area (Å²) in [6.45, 7) is 7.03. The van der Waals surface area contributed by atoms with Crippen molar-refractivity contribution in [1.29, 1.82) is 5.26 Å². The summed E-state index contributed by atoms with van der Waals surface area (Å²) < 4.78 is 29.6. The van der Waals surface area contributed by atoms with Crippen molar-refractivity contribution in [3.63, 3.8) is 0 Å². The van der Waals surface area contributed by atoms with Crippen molar-refractivity contribution in [2.45, 2.75) is 44.8 Å². The Hall–Kier alpha value is -4.18. The van der Waals surface area contributed by atoms with Crippen molar-refractivity contribution >= 4 is 44.7 Å². The molecule has 1 aliphatic carbocycles. The van der Waals surface area contributed by atoms with E-state index in [-0.39, 0.29) is 22.7 Å². The van der Waals surface area contributed by atoms with Crippen LogP contribution in [0.5, 0.6) is 0 Å². The predicted molar refractivity (Wildman–Crippen MR) is 167 cm³/mol. The number of likely N-dealkylation sites (tertiary alicyclic amines) is 1. The van der Waals surface area contributed by atoms with E-state index >= 15 is 4.39 Å². The van der Waals surface area contributed by atoms with Crippen LogP contribution in [-0.4, -0.2) is 69.8 Å². The lowest BCUT2D eigenvalue weighted by atomic mass is 9.72. The van der Waals surface area contributed by atoms with Crippen LogP contribution in [0.3, 0.4) is 0 Å². The predicted octanol–water partition coefficient (Wildman–Crippen LogP) is 4.85. The number of anilines is 3. The summed E-state index contributed by atoms with van der Waals surface area (Å²) in [5, 5.41) is 32.2. The van der Waals surface area contributed by atoms with Gasteiger partial charge in [-0.2, -0.15) is 5.26 Å². The van der Waals surface area contributed by atoms with E-state index in [1.807, 2.05) is 18.0 Å². The zero-order chi connectivity index (χ0) is 32.1. The number of benzene rings is 2. The van der Waals surface area contributed by atoms with Crippen LogP contribution in [0.25, 0.3) is 22.2 Å². The summed E-state index contributed by atoms with van der Waals surface area (Å²) in [7, 11) is 1.81. The van der Waals surface area contributed by atoms with Crippen molar-refractivity contribution in [1.82, 2.24) is 14.9 Å². The maximum absolute atomic E-state index is 15.9. The number of fused-ring (bicyclic) bond motifs is 2. The van der Waals surface area contributed by atoms with E-state index < -0.39 is 17.0 Å². The van der Waals surface area contributed by atoms with Crippen LogP contribution in [0.2, 0.25) is 0 Å². The zero-order valence-electron chi connectivity index (χ0n) is 25.4. The summed E-state index contributed by atoms with van der Waals surface area (Å²) in [6, 6.07) is 11.4. The summed E-state index contributed by atoms with van der Waals surface area (Å²) in [5.41, 5.74) is 1.00. The highest BCUT2D eigenvalue weighted by Crippen LogP contribution is 2.49. The smallest absolute Gasteiger partial charge is 0.253 e. The summed E-state index contributed by atoms with van der Waals surface area (Å²) in [5.74, 6) is -1.20. The average molecular weight is 631 g/mol. The Kier molecular flexibility index (Phi) is 6.50. The normalized spacial score (nSPS) is 20.2. The quantitative estimate of drug-likeness (QED) is 0.322. The SMILES string of the molecule is CN(c1nc(-c2ccc(F)cc2)c(C#N)s1)c1c2c(nc3c(F)cc(N4CC5(CN(C(=O)C(C)(C)O)C5)C4)cc13)[C@](C)(O)CC2. The molecule has 2 aromatic heterocycles. The third-order valence-corrected chi connectivity index (χ3v) is 10.2. The number of pyridine rings is 1. The molecule has 0 bridgehead atoms. The first-order valence-electron chi connectivity index (χ1n) is 14.8. The Morgan fingerprint density at radius 1 is 1.13 bits per heavy atom. The fraction of sp³-hybridized carbons (Fsp3) is 0.394. The number of aromatic nitrogens is 2. The summed E-state index contributed by atoms with van der Waals surface area (Å²) in [4.78, 5) is 27.8. The zero-order valence-corrected chi connectivity index (χ0v) is 26.2. The lowest BCUT2D eigenvalue weighted by Crippen LogP contribution is -2.74. The molecule has 2 aliphatic heterocycles. The van der Waals surface area contributed by atoms with Gasteiger partial charge in [0.05, 0.1) is 11.4 Å². The lowest BCUT2D eigenvalue weighted by Gasteiger charge is -2.61. The molecule has 45 heavy (non-hydrogen) atoms. The second-order valence-electron chi connectivity index (χ2n) is 13.3. The van der Waals surface area contributed by atoms with Crippen LogP contribution in [-0.2, 0) is 16.8 Å². The minimum absolute atomic E-state index is 0.0911. The van der Waals surface area contributed by atoms with Crippen molar-refractivity contribution in [3.8, 4) is 17.3 Å². The van der Waals surface area contributed by atoms with E-state index in [0.717, 1.165) is 5.56 Å². The van der Waals surface area contributed by atoms with Crippen LogP contribution in [0.15, 0.2) is 36.4 Å². The van der Waals surface area contributed by atoms with Crippen LogP contribution in [0.1, 0.15) is 43.3 Å². The Morgan fingerprint density at radius 3 is 2.47 bits per heavy atom. The Bertz CT molecular complexity index is 1910. The first kappa shape index (κ1) is 29.5. The highest BCUT2D eigenvalue weighted by Gasteiger charge is 2.54. The van der Waals surface area contributed by atoms with Crippen molar-refractivity contribution in [2.24, 2.45) is 5.41 Å². The number of nitriles is 1. The second-order valence-corrected chi connectivity index (χ2v) is 14.3. The van der Waals surface area contributed by atoms with Gasteiger partial charge in [-0.25, -0.2) is 18.7 Å². The van der Waals surface area contributed by atoms with Gasteiger partial charge in [-0.15, -0.1) is 0 Å². The average Bonchev–Trinajstić information content (AvgIpc) is 3.50. The molecule has 0 saturated carbocycles. The van der Waals surface area contributed by atoms with Gasteiger partial charge in [-0.1, -0.05) is 11.3 Å². The van der Waals surface area contributed by atoms with Gasteiger partial charge in [-0.3, -0.25) is 4.79 Å². The number of rotatable bonds is 5. The molecule has 1 spiro atoms. The molecule has 232 valence electrons. The topological polar surface area (TPSA) is 117 Å². The molecular weight excluding hydrogens is 598 g/mol. The highest BCUT2D eigenvalue weighted by molar-refractivity contribution is 7.16. The van der Waals surface area contributed by atoms with E-state index in [1.54, 1.807) is 24.0 Å². The molecule has 2 N–H and O–H groups in total. The number of halogens is 2. The number of nitrogens with zero attached hydrogens (tertiary/aromatic N) is 6. The molecule has 7 rings (SSSR count). The first-order valence-corrected chi connectivity index (χ1v) is 15.6. The molecule has 1 atom stereocenters. The van der Waals surface area contributed by atoms with Gasteiger partial charge in [0.15, 0.2) is 10.9 Å².